The minimum atomic E-state index is 0.0161. The minimum Gasteiger partial charge on any atom is -0.462 e. The van der Waals surface area contributed by atoms with E-state index in [1.807, 2.05) is 6.20 Å². The molecule has 3 nitrogen and oxygen atoms in total. The topological polar surface area (TPSA) is 39.2 Å². The number of hydrogen-bond acceptors (Lipinski definition) is 3. The molecular formula is C26H29NO2. The van der Waals surface area contributed by atoms with Crippen molar-refractivity contribution in [1.29, 1.82) is 0 Å². The zero-order valence-corrected chi connectivity index (χ0v) is 17.1. The van der Waals surface area contributed by atoms with Crippen molar-refractivity contribution in [1.82, 2.24) is 4.98 Å². The predicted molar refractivity (Wildman–Crippen MR) is 115 cm³/mol. The van der Waals surface area contributed by atoms with Crippen molar-refractivity contribution in [2.75, 3.05) is 0 Å². The molecule has 0 N–H and O–H groups in total. The average molecular weight is 388 g/mol. The van der Waals surface area contributed by atoms with E-state index in [0.717, 1.165) is 17.7 Å². The van der Waals surface area contributed by atoms with Crippen molar-refractivity contribution in [3.63, 3.8) is 0 Å². The van der Waals surface area contributed by atoms with Gasteiger partial charge in [0.15, 0.2) is 0 Å². The first-order valence-corrected chi connectivity index (χ1v) is 11.1. The lowest BCUT2D eigenvalue weighted by molar-refractivity contribution is -0.143. The van der Waals surface area contributed by atoms with Crippen LogP contribution in [0.15, 0.2) is 48.7 Å². The van der Waals surface area contributed by atoms with Gasteiger partial charge in [-0.3, -0.25) is 9.78 Å². The summed E-state index contributed by atoms with van der Waals surface area (Å²) in [6.07, 6.45) is 13.4. The Morgan fingerprint density at radius 2 is 1.90 bits per heavy atom. The molecule has 0 unspecified atom stereocenters. The van der Waals surface area contributed by atoms with E-state index in [2.05, 4.69) is 60.5 Å². The molecule has 3 aliphatic rings. The quantitative estimate of drug-likeness (QED) is 0.622. The molecule has 2 aromatic rings. The molecule has 5 rings (SSSR count). The Hall–Kier alpha value is -2.42. The number of ether oxygens (including phenoxy) is 1. The molecule has 0 amide bonds. The van der Waals surface area contributed by atoms with Crippen LogP contribution in [-0.4, -0.2) is 17.1 Å². The lowest BCUT2D eigenvalue weighted by atomic mass is 9.60. The summed E-state index contributed by atoms with van der Waals surface area (Å²) in [7, 11) is 0. The fraction of sp³-hybridized carbons (Fsp3) is 0.462. The standard InChI is InChI=1S/C26H29NO2/c1-17-5-4-6-18(13-17)20-10-12-21(27-16-20)11-9-19-14-25-24(15-26(28)29-25)23-8-3-2-7-22(19)23/h4-6,9-13,16,19,22-25H,2-3,7-8,14-15H2,1H3/b11-9+/t19-,22+,23-,24+,25-/m1/s1. The molecule has 2 aliphatic carbocycles. The number of hydrogen-bond donors (Lipinski definition) is 0. The number of benzene rings is 1. The number of carbonyl (C=O) groups is 1. The van der Waals surface area contributed by atoms with Crippen molar-refractivity contribution in [3.8, 4) is 11.1 Å². The Labute approximate surface area is 173 Å². The van der Waals surface area contributed by atoms with Crippen molar-refractivity contribution in [2.24, 2.45) is 23.7 Å². The number of allylic oxidation sites excluding steroid dienone is 1. The fourth-order valence-electron chi connectivity index (χ4n) is 5.92. The molecule has 2 heterocycles. The Bertz CT molecular complexity index is 917. The Balaban J connectivity index is 1.33. The number of aromatic nitrogens is 1. The molecule has 0 bridgehead atoms. The van der Waals surface area contributed by atoms with Crippen molar-refractivity contribution >= 4 is 12.0 Å². The molecule has 5 atom stereocenters. The van der Waals surface area contributed by atoms with E-state index < -0.39 is 0 Å². The lowest BCUT2D eigenvalue weighted by Gasteiger charge is -2.45. The average Bonchev–Trinajstić information content (AvgIpc) is 3.13. The molecule has 29 heavy (non-hydrogen) atoms. The number of nitrogens with zero attached hydrogens (tertiary/aromatic N) is 1. The molecule has 0 spiro atoms. The Morgan fingerprint density at radius 3 is 2.69 bits per heavy atom. The van der Waals surface area contributed by atoms with Crippen LogP contribution >= 0.6 is 0 Å². The van der Waals surface area contributed by atoms with Gasteiger partial charge in [0.25, 0.3) is 0 Å². The Kier molecular flexibility index (Phi) is 4.99. The first-order valence-electron chi connectivity index (χ1n) is 11.1. The van der Waals surface area contributed by atoms with Gasteiger partial charge in [-0.05, 0) is 61.6 Å². The van der Waals surface area contributed by atoms with Gasteiger partial charge in [-0.15, -0.1) is 0 Å². The third kappa shape index (κ3) is 3.75. The van der Waals surface area contributed by atoms with Gasteiger partial charge in [-0.1, -0.05) is 54.8 Å². The van der Waals surface area contributed by atoms with Crippen LogP contribution in [0.1, 0.15) is 49.8 Å². The first-order chi connectivity index (χ1) is 14.2. The maximum atomic E-state index is 11.9. The van der Waals surface area contributed by atoms with Crippen molar-refractivity contribution in [2.45, 2.75) is 51.6 Å². The third-order valence-corrected chi connectivity index (χ3v) is 7.29. The molecule has 2 saturated carbocycles. The highest BCUT2D eigenvalue weighted by atomic mass is 16.5. The highest BCUT2D eigenvalue weighted by molar-refractivity contribution is 5.72. The molecular weight excluding hydrogens is 358 g/mol. The summed E-state index contributed by atoms with van der Waals surface area (Å²) in [6.45, 7) is 2.11. The second-order valence-corrected chi connectivity index (χ2v) is 9.11. The van der Waals surface area contributed by atoms with E-state index in [0.29, 0.717) is 30.1 Å². The van der Waals surface area contributed by atoms with E-state index >= 15 is 0 Å². The van der Waals surface area contributed by atoms with Gasteiger partial charge in [-0.2, -0.15) is 0 Å². The van der Waals surface area contributed by atoms with Crippen LogP contribution in [0, 0.1) is 30.6 Å². The summed E-state index contributed by atoms with van der Waals surface area (Å²) >= 11 is 0. The van der Waals surface area contributed by atoms with Crippen LogP contribution in [0.3, 0.4) is 0 Å². The van der Waals surface area contributed by atoms with Gasteiger partial charge in [-0.25, -0.2) is 0 Å². The SMILES string of the molecule is Cc1cccc(-c2ccc(/C=C/[C@@H]3C[C@H]4OC(=O)C[C@H]4[C@@H]4CCCC[C@H]43)nc2)c1. The number of esters is 1. The highest BCUT2D eigenvalue weighted by Crippen LogP contribution is 2.51. The minimum absolute atomic E-state index is 0.0161. The maximum Gasteiger partial charge on any atom is 0.306 e. The maximum absolute atomic E-state index is 11.9. The summed E-state index contributed by atoms with van der Waals surface area (Å²) in [4.78, 5) is 16.6. The summed E-state index contributed by atoms with van der Waals surface area (Å²) in [5.74, 6) is 2.32. The second kappa shape index (κ2) is 7.78. The Morgan fingerprint density at radius 1 is 1.03 bits per heavy atom. The van der Waals surface area contributed by atoms with Crippen LogP contribution in [0.2, 0.25) is 0 Å². The van der Waals surface area contributed by atoms with Crippen LogP contribution in [0.5, 0.6) is 0 Å². The zero-order valence-electron chi connectivity index (χ0n) is 17.1. The lowest BCUT2D eigenvalue weighted by Crippen LogP contribution is -2.42. The fourth-order valence-corrected chi connectivity index (χ4v) is 5.92. The van der Waals surface area contributed by atoms with Gasteiger partial charge >= 0.3 is 5.97 Å². The monoisotopic (exact) mass is 387 g/mol. The number of rotatable bonds is 3. The summed E-state index contributed by atoms with van der Waals surface area (Å²) < 4.78 is 5.68. The normalized spacial score (nSPS) is 31.3. The van der Waals surface area contributed by atoms with Gasteiger partial charge in [0.2, 0.25) is 0 Å². The van der Waals surface area contributed by atoms with E-state index in [4.69, 9.17) is 4.74 Å². The molecule has 150 valence electrons. The number of carbonyl (C=O) groups excluding carboxylic acids is 1. The van der Waals surface area contributed by atoms with Crippen molar-refractivity contribution < 1.29 is 9.53 Å². The van der Waals surface area contributed by atoms with E-state index in [1.54, 1.807) is 0 Å². The highest BCUT2D eigenvalue weighted by Gasteiger charge is 2.49. The molecule has 1 aromatic heterocycles. The van der Waals surface area contributed by atoms with Gasteiger partial charge in [0, 0.05) is 17.7 Å². The van der Waals surface area contributed by atoms with Gasteiger partial charge in [0.05, 0.1) is 12.1 Å². The summed E-state index contributed by atoms with van der Waals surface area (Å²) in [5, 5.41) is 0. The summed E-state index contributed by atoms with van der Waals surface area (Å²) in [5.41, 5.74) is 4.62. The molecule has 3 heteroatoms. The predicted octanol–water partition coefficient (Wildman–Crippen LogP) is 5.83. The van der Waals surface area contributed by atoms with Crippen LogP contribution in [0.25, 0.3) is 17.2 Å². The van der Waals surface area contributed by atoms with Crippen LogP contribution in [-0.2, 0) is 9.53 Å². The number of pyridine rings is 1. The van der Waals surface area contributed by atoms with Crippen molar-refractivity contribution in [3.05, 3.63) is 59.9 Å². The van der Waals surface area contributed by atoms with E-state index in [1.165, 1.54) is 36.8 Å². The van der Waals surface area contributed by atoms with Gasteiger partial charge in [0.1, 0.15) is 6.10 Å². The third-order valence-electron chi connectivity index (χ3n) is 7.29. The molecule has 1 aromatic carbocycles. The number of fused-ring (bicyclic) bond motifs is 3. The van der Waals surface area contributed by atoms with Crippen LogP contribution in [0.4, 0.5) is 0 Å². The molecule has 1 saturated heterocycles. The van der Waals surface area contributed by atoms with Crippen LogP contribution < -0.4 is 0 Å². The van der Waals surface area contributed by atoms with E-state index in [9.17, 15) is 4.79 Å². The first kappa shape index (κ1) is 18.6. The van der Waals surface area contributed by atoms with E-state index in [-0.39, 0.29) is 12.1 Å². The number of aryl methyl sites for hydroxylation is 1. The zero-order chi connectivity index (χ0) is 19.8. The van der Waals surface area contributed by atoms with Gasteiger partial charge < -0.3 is 4.74 Å². The summed E-state index contributed by atoms with van der Waals surface area (Å²) in [6, 6.07) is 12.8. The second-order valence-electron chi connectivity index (χ2n) is 9.11. The molecule has 3 fully saturated rings. The largest absolute Gasteiger partial charge is 0.462 e. The molecule has 1 aliphatic heterocycles. The molecule has 0 radical (unpaired) electrons. The smallest absolute Gasteiger partial charge is 0.306 e.